The standard InChI is InChI=1S/C24H26N2O3S/c1-19-9-11-23(12-10-19)30(28,29)15-13-22(27)16-24(21-8-5-14-25-18-21)26-17-20-6-3-2-4-7-20/h2-12,14,18,24,26H,13,15-17H2,1H3. The molecule has 1 heterocycles. The van der Waals surface area contributed by atoms with E-state index in [9.17, 15) is 13.2 Å². The predicted molar refractivity (Wildman–Crippen MR) is 118 cm³/mol. The van der Waals surface area contributed by atoms with Gasteiger partial charge in [0.1, 0.15) is 5.78 Å². The molecule has 0 radical (unpaired) electrons. The van der Waals surface area contributed by atoms with Gasteiger partial charge in [-0.25, -0.2) is 8.42 Å². The molecular formula is C24H26N2O3S. The highest BCUT2D eigenvalue weighted by atomic mass is 32.2. The third-order valence-electron chi connectivity index (χ3n) is 4.94. The molecule has 3 aromatic rings. The van der Waals surface area contributed by atoms with Gasteiger partial charge in [0.2, 0.25) is 0 Å². The normalized spacial score (nSPS) is 12.4. The maximum Gasteiger partial charge on any atom is 0.178 e. The predicted octanol–water partition coefficient (Wildman–Crippen LogP) is 4.04. The fraction of sp³-hybridized carbons (Fsp3) is 0.250. The zero-order valence-corrected chi connectivity index (χ0v) is 17.8. The molecule has 0 fully saturated rings. The number of Topliss-reactive ketones (excluding diaryl/α,β-unsaturated/α-hetero) is 1. The van der Waals surface area contributed by atoms with E-state index >= 15 is 0 Å². The van der Waals surface area contributed by atoms with E-state index in [-0.39, 0.29) is 35.3 Å². The van der Waals surface area contributed by atoms with Gasteiger partial charge in [-0.15, -0.1) is 0 Å². The van der Waals surface area contributed by atoms with Crippen molar-refractivity contribution in [3.63, 3.8) is 0 Å². The summed E-state index contributed by atoms with van der Waals surface area (Å²) in [6, 6.07) is 20.2. The quantitative estimate of drug-likeness (QED) is 0.534. The molecule has 0 bridgehead atoms. The Morgan fingerprint density at radius 1 is 1.00 bits per heavy atom. The zero-order valence-electron chi connectivity index (χ0n) is 17.0. The molecule has 6 heteroatoms. The number of hydrogen-bond acceptors (Lipinski definition) is 5. The lowest BCUT2D eigenvalue weighted by Crippen LogP contribution is -2.24. The van der Waals surface area contributed by atoms with Crippen molar-refractivity contribution in [3.05, 3.63) is 95.8 Å². The van der Waals surface area contributed by atoms with Crippen molar-refractivity contribution < 1.29 is 13.2 Å². The maximum atomic E-state index is 12.6. The van der Waals surface area contributed by atoms with Gasteiger partial charge >= 0.3 is 0 Å². The van der Waals surface area contributed by atoms with Crippen LogP contribution in [0.3, 0.4) is 0 Å². The van der Waals surface area contributed by atoms with E-state index in [1.165, 1.54) is 0 Å². The van der Waals surface area contributed by atoms with Crippen LogP contribution < -0.4 is 5.32 Å². The second kappa shape index (κ2) is 10.3. The number of pyridine rings is 1. The zero-order chi connectivity index (χ0) is 21.4. The molecule has 3 rings (SSSR count). The second-order valence-electron chi connectivity index (χ2n) is 7.33. The van der Waals surface area contributed by atoms with Crippen molar-refractivity contribution in [2.75, 3.05) is 5.75 Å². The van der Waals surface area contributed by atoms with Gasteiger partial charge in [0.15, 0.2) is 9.84 Å². The van der Waals surface area contributed by atoms with Crippen molar-refractivity contribution >= 4 is 15.6 Å². The van der Waals surface area contributed by atoms with E-state index in [1.807, 2.05) is 49.4 Å². The van der Waals surface area contributed by atoms with Crippen LogP contribution >= 0.6 is 0 Å². The number of aromatic nitrogens is 1. The van der Waals surface area contributed by atoms with Crippen LogP contribution in [0.4, 0.5) is 0 Å². The lowest BCUT2D eigenvalue weighted by molar-refractivity contribution is -0.119. The Balaban J connectivity index is 1.63. The van der Waals surface area contributed by atoms with Crippen molar-refractivity contribution in [3.8, 4) is 0 Å². The Labute approximate surface area is 178 Å². The van der Waals surface area contributed by atoms with Gasteiger partial charge in [-0.05, 0) is 36.2 Å². The number of hydrogen-bond donors (Lipinski definition) is 1. The summed E-state index contributed by atoms with van der Waals surface area (Å²) in [5, 5.41) is 3.41. The summed E-state index contributed by atoms with van der Waals surface area (Å²) in [6.07, 6.45) is 3.62. The van der Waals surface area contributed by atoms with Crippen molar-refractivity contribution in [2.24, 2.45) is 0 Å². The van der Waals surface area contributed by atoms with Crippen LogP contribution in [0.5, 0.6) is 0 Å². The summed E-state index contributed by atoms with van der Waals surface area (Å²) in [4.78, 5) is 17.1. The molecule has 30 heavy (non-hydrogen) atoms. The van der Waals surface area contributed by atoms with Gasteiger partial charge in [-0.1, -0.05) is 54.1 Å². The molecule has 0 saturated heterocycles. The first-order chi connectivity index (χ1) is 14.4. The number of carbonyl (C=O) groups excluding carboxylic acids is 1. The number of sulfone groups is 1. The molecule has 1 N–H and O–H groups in total. The molecule has 1 atom stereocenters. The summed E-state index contributed by atoms with van der Waals surface area (Å²) in [5.41, 5.74) is 3.01. The molecule has 156 valence electrons. The van der Waals surface area contributed by atoms with Crippen LogP contribution in [0.2, 0.25) is 0 Å². The number of benzene rings is 2. The van der Waals surface area contributed by atoms with Gasteiger partial charge in [-0.3, -0.25) is 9.78 Å². The smallest absolute Gasteiger partial charge is 0.178 e. The monoisotopic (exact) mass is 422 g/mol. The Bertz CT molecular complexity index is 1050. The third kappa shape index (κ3) is 6.34. The largest absolute Gasteiger partial charge is 0.305 e. The minimum absolute atomic E-state index is 0.0139. The maximum absolute atomic E-state index is 12.6. The van der Waals surface area contributed by atoms with Crippen LogP contribution in [-0.4, -0.2) is 24.9 Å². The first-order valence-electron chi connectivity index (χ1n) is 9.92. The van der Waals surface area contributed by atoms with Gasteiger partial charge in [-0.2, -0.15) is 0 Å². The van der Waals surface area contributed by atoms with E-state index in [0.29, 0.717) is 6.54 Å². The third-order valence-corrected chi connectivity index (χ3v) is 6.68. The van der Waals surface area contributed by atoms with Crippen molar-refractivity contribution in [2.45, 2.75) is 37.2 Å². The average Bonchev–Trinajstić information content (AvgIpc) is 2.77. The van der Waals surface area contributed by atoms with Crippen molar-refractivity contribution in [1.82, 2.24) is 10.3 Å². The summed E-state index contributed by atoms with van der Waals surface area (Å²) >= 11 is 0. The number of carbonyl (C=O) groups is 1. The van der Waals surface area contributed by atoms with Crippen LogP contribution in [0, 0.1) is 6.92 Å². The van der Waals surface area contributed by atoms with E-state index in [2.05, 4.69) is 10.3 Å². The fourth-order valence-electron chi connectivity index (χ4n) is 3.17. The molecule has 0 aliphatic rings. The Morgan fingerprint density at radius 2 is 1.73 bits per heavy atom. The molecular weight excluding hydrogens is 396 g/mol. The van der Waals surface area contributed by atoms with Crippen LogP contribution in [0.15, 0.2) is 84.0 Å². The lowest BCUT2D eigenvalue weighted by Gasteiger charge is -2.18. The summed E-state index contributed by atoms with van der Waals surface area (Å²) in [6.45, 7) is 2.51. The van der Waals surface area contributed by atoms with E-state index < -0.39 is 9.84 Å². The summed E-state index contributed by atoms with van der Waals surface area (Å²) in [5.74, 6) is -0.284. The highest BCUT2D eigenvalue weighted by Gasteiger charge is 2.20. The number of ketones is 1. The van der Waals surface area contributed by atoms with Crippen LogP contribution in [0.1, 0.15) is 35.6 Å². The first-order valence-corrected chi connectivity index (χ1v) is 11.6. The molecule has 0 aliphatic heterocycles. The topological polar surface area (TPSA) is 76.1 Å². The SMILES string of the molecule is Cc1ccc(S(=O)(=O)CCC(=O)CC(NCc2ccccc2)c2cccnc2)cc1. The van der Waals surface area contributed by atoms with Gasteiger partial charge in [0.05, 0.1) is 10.6 Å². The number of nitrogens with zero attached hydrogens (tertiary/aromatic N) is 1. The van der Waals surface area contributed by atoms with E-state index in [0.717, 1.165) is 16.7 Å². The first kappa shape index (κ1) is 21.9. The minimum Gasteiger partial charge on any atom is -0.305 e. The molecule has 0 amide bonds. The Hall–Kier alpha value is -2.83. The number of aryl methyl sites for hydroxylation is 1. The lowest BCUT2D eigenvalue weighted by atomic mass is 10.0. The molecule has 1 unspecified atom stereocenters. The minimum atomic E-state index is -3.48. The number of nitrogens with one attached hydrogen (secondary N) is 1. The molecule has 0 spiro atoms. The highest BCUT2D eigenvalue weighted by Crippen LogP contribution is 2.19. The number of rotatable bonds is 10. The van der Waals surface area contributed by atoms with Crippen LogP contribution in [0.25, 0.3) is 0 Å². The molecule has 0 aliphatic carbocycles. The van der Waals surface area contributed by atoms with E-state index in [4.69, 9.17) is 0 Å². The summed E-state index contributed by atoms with van der Waals surface area (Å²) in [7, 11) is -3.48. The van der Waals surface area contributed by atoms with Crippen LogP contribution in [-0.2, 0) is 21.2 Å². The highest BCUT2D eigenvalue weighted by molar-refractivity contribution is 7.91. The molecule has 5 nitrogen and oxygen atoms in total. The van der Waals surface area contributed by atoms with Gasteiger partial charge in [0.25, 0.3) is 0 Å². The average molecular weight is 423 g/mol. The fourth-order valence-corrected chi connectivity index (χ4v) is 4.45. The Morgan fingerprint density at radius 3 is 2.40 bits per heavy atom. The second-order valence-corrected chi connectivity index (χ2v) is 9.44. The van der Waals surface area contributed by atoms with Crippen molar-refractivity contribution in [1.29, 1.82) is 0 Å². The van der Waals surface area contributed by atoms with Gasteiger partial charge in [0, 0.05) is 37.8 Å². The van der Waals surface area contributed by atoms with Gasteiger partial charge < -0.3 is 5.32 Å². The molecule has 2 aromatic carbocycles. The molecule has 0 saturated carbocycles. The Kier molecular flexibility index (Phi) is 7.49. The molecule has 1 aromatic heterocycles. The summed E-state index contributed by atoms with van der Waals surface area (Å²) < 4.78 is 25.1. The van der Waals surface area contributed by atoms with E-state index in [1.54, 1.807) is 36.7 Å².